The number of fused-ring (bicyclic) bond motifs is 1. The SMILES string of the molecule is C(=NN(c1ccccc1)c1ccc2[nH]nnc2c1)c1ccc(N(c2ccccc2)c2ccccc2)cc1. The molecule has 6 nitrogen and oxygen atoms in total. The molecule has 0 aliphatic rings. The minimum absolute atomic E-state index is 0.792. The van der Waals surface area contributed by atoms with Crippen molar-refractivity contribution in [1.82, 2.24) is 15.4 Å². The van der Waals surface area contributed by atoms with Crippen LogP contribution in [0.15, 0.2) is 139 Å². The van der Waals surface area contributed by atoms with Gasteiger partial charge in [0.1, 0.15) is 5.52 Å². The smallest absolute Gasteiger partial charge is 0.115 e. The Kier molecular flexibility index (Phi) is 6.12. The second-order valence-electron chi connectivity index (χ2n) is 8.50. The fraction of sp³-hybridized carbons (Fsp3) is 0. The maximum absolute atomic E-state index is 4.85. The van der Waals surface area contributed by atoms with E-state index < -0.39 is 0 Å². The summed E-state index contributed by atoms with van der Waals surface area (Å²) in [5, 5.41) is 17.7. The number of nitrogens with zero attached hydrogens (tertiary/aromatic N) is 5. The third-order valence-electron chi connectivity index (χ3n) is 6.06. The molecule has 6 rings (SSSR count). The summed E-state index contributed by atoms with van der Waals surface area (Å²) in [4.78, 5) is 2.24. The van der Waals surface area contributed by atoms with Gasteiger partial charge in [0.15, 0.2) is 0 Å². The standard InChI is InChI=1S/C31H24N6/c1-4-10-25(11-5-1)36(26-12-6-2-7-13-26)27-18-16-24(17-19-27)23-32-37(28-14-8-3-9-15-28)29-20-21-30-31(22-29)34-35-33-30/h1-23H,(H,33,34,35). The molecule has 0 radical (unpaired) electrons. The molecular weight excluding hydrogens is 456 g/mol. The third kappa shape index (κ3) is 4.81. The summed E-state index contributed by atoms with van der Waals surface area (Å²) in [7, 11) is 0. The van der Waals surface area contributed by atoms with E-state index in [9.17, 15) is 0 Å². The summed E-state index contributed by atoms with van der Waals surface area (Å²) in [5.41, 5.74) is 7.82. The van der Waals surface area contributed by atoms with E-state index in [0.717, 1.165) is 45.0 Å². The van der Waals surface area contributed by atoms with E-state index in [-0.39, 0.29) is 0 Å². The van der Waals surface area contributed by atoms with Gasteiger partial charge in [-0.1, -0.05) is 71.9 Å². The van der Waals surface area contributed by atoms with Crippen molar-refractivity contribution >= 4 is 45.7 Å². The van der Waals surface area contributed by atoms with Gasteiger partial charge < -0.3 is 4.90 Å². The summed E-state index contributed by atoms with van der Waals surface area (Å²) in [6.45, 7) is 0. The van der Waals surface area contributed by atoms with Gasteiger partial charge in [-0.3, -0.25) is 5.10 Å². The van der Waals surface area contributed by atoms with Crippen LogP contribution in [-0.4, -0.2) is 21.6 Å². The van der Waals surface area contributed by atoms with Gasteiger partial charge in [0, 0.05) is 17.1 Å². The van der Waals surface area contributed by atoms with E-state index >= 15 is 0 Å². The number of H-pyrrole nitrogens is 1. The number of para-hydroxylation sites is 3. The molecule has 6 heteroatoms. The van der Waals surface area contributed by atoms with Crippen LogP contribution in [0.5, 0.6) is 0 Å². The fourth-order valence-electron chi connectivity index (χ4n) is 4.25. The molecule has 0 bridgehead atoms. The van der Waals surface area contributed by atoms with Gasteiger partial charge in [0.25, 0.3) is 0 Å². The predicted molar refractivity (Wildman–Crippen MR) is 151 cm³/mol. The molecule has 0 saturated heterocycles. The Balaban J connectivity index is 1.32. The Morgan fingerprint density at radius 3 is 1.73 bits per heavy atom. The molecule has 1 aromatic heterocycles. The number of anilines is 5. The van der Waals surface area contributed by atoms with Crippen LogP contribution in [0.2, 0.25) is 0 Å². The summed E-state index contributed by atoms with van der Waals surface area (Å²) in [5.74, 6) is 0. The van der Waals surface area contributed by atoms with E-state index in [0.29, 0.717) is 0 Å². The van der Waals surface area contributed by atoms with Crippen LogP contribution in [0, 0.1) is 0 Å². The number of hydrogen-bond donors (Lipinski definition) is 1. The summed E-state index contributed by atoms with van der Waals surface area (Å²) in [6.07, 6.45) is 1.87. The molecule has 37 heavy (non-hydrogen) atoms. The van der Waals surface area contributed by atoms with Crippen molar-refractivity contribution in [2.75, 3.05) is 9.91 Å². The minimum atomic E-state index is 0.792. The number of aromatic amines is 1. The number of aromatic nitrogens is 3. The van der Waals surface area contributed by atoms with Crippen LogP contribution in [0.3, 0.4) is 0 Å². The van der Waals surface area contributed by atoms with Crippen molar-refractivity contribution in [3.63, 3.8) is 0 Å². The van der Waals surface area contributed by atoms with Crippen molar-refractivity contribution in [3.05, 3.63) is 139 Å². The number of benzene rings is 5. The second kappa shape index (κ2) is 10.2. The minimum Gasteiger partial charge on any atom is -0.311 e. The van der Waals surface area contributed by atoms with Gasteiger partial charge in [0.2, 0.25) is 0 Å². The van der Waals surface area contributed by atoms with Crippen molar-refractivity contribution in [2.24, 2.45) is 5.10 Å². The molecule has 5 aromatic carbocycles. The molecule has 0 fully saturated rings. The lowest BCUT2D eigenvalue weighted by Crippen LogP contribution is -2.10. The Labute approximate surface area is 215 Å². The van der Waals surface area contributed by atoms with Crippen LogP contribution in [-0.2, 0) is 0 Å². The van der Waals surface area contributed by atoms with Crippen LogP contribution >= 0.6 is 0 Å². The van der Waals surface area contributed by atoms with E-state index in [4.69, 9.17) is 5.10 Å². The van der Waals surface area contributed by atoms with Crippen LogP contribution < -0.4 is 9.91 Å². The van der Waals surface area contributed by atoms with E-state index in [2.05, 4.69) is 93.1 Å². The van der Waals surface area contributed by atoms with E-state index in [1.165, 1.54) is 0 Å². The molecule has 0 saturated carbocycles. The average Bonchev–Trinajstić information content (AvgIpc) is 3.44. The van der Waals surface area contributed by atoms with Crippen molar-refractivity contribution in [1.29, 1.82) is 0 Å². The summed E-state index contributed by atoms with van der Waals surface area (Å²) < 4.78 is 0. The lowest BCUT2D eigenvalue weighted by Gasteiger charge is -2.25. The molecule has 6 aromatic rings. The largest absolute Gasteiger partial charge is 0.311 e. The predicted octanol–water partition coefficient (Wildman–Crippen LogP) is 7.60. The van der Waals surface area contributed by atoms with Crippen molar-refractivity contribution < 1.29 is 0 Å². The molecule has 1 N–H and O–H groups in total. The zero-order chi connectivity index (χ0) is 24.9. The highest BCUT2D eigenvalue weighted by atomic mass is 15.5. The number of nitrogens with one attached hydrogen (secondary N) is 1. The highest BCUT2D eigenvalue weighted by molar-refractivity contribution is 5.85. The monoisotopic (exact) mass is 480 g/mol. The van der Waals surface area contributed by atoms with E-state index in [1.54, 1.807) is 0 Å². The Bertz CT molecular complexity index is 1570. The van der Waals surface area contributed by atoms with Crippen LogP contribution in [0.25, 0.3) is 11.0 Å². The zero-order valence-corrected chi connectivity index (χ0v) is 20.0. The lowest BCUT2D eigenvalue weighted by atomic mass is 10.1. The first-order chi connectivity index (χ1) is 18.3. The van der Waals surface area contributed by atoms with Crippen LogP contribution in [0.1, 0.15) is 5.56 Å². The molecular formula is C31H24N6. The Morgan fingerprint density at radius 1 is 0.568 bits per heavy atom. The molecule has 0 unspecified atom stereocenters. The van der Waals surface area contributed by atoms with Crippen molar-refractivity contribution in [3.8, 4) is 0 Å². The zero-order valence-electron chi connectivity index (χ0n) is 20.0. The van der Waals surface area contributed by atoms with Gasteiger partial charge in [-0.2, -0.15) is 5.10 Å². The highest BCUT2D eigenvalue weighted by Gasteiger charge is 2.12. The second-order valence-corrected chi connectivity index (χ2v) is 8.50. The lowest BCUT2D eigenvalue weighted by molar-refractivity contribution is 0.959. The summed E-state index contributed by atoms with van der Waals surface area (Å²) >= 11 is 0. The first-order valence-corrected chi connectivity index (χ1v) is 12.1. The summed E-state index contributed by atoms with van der Waals surface area (Å²) in [6, 6.07) is 45.2. The molecule has 0 aliphatic heterocycles. The van der Waals surface area contributed by atoms with Crippen LogP contribution in [0.4, 0.5) is 28.4 Å². The van der Waals surface area contributed by atoms with E-state index in [1.807, 2.05) is 71.9 Å². The highest BCUT2D eigenvalue weighted by Crippen LogP contribution is 2.34. The molecule has 0 atom stereocenters. The first kappa shape index (κ1) is 22.2. The Hall–Kier alpha value is -5.23. The van der Waals surface area contributed by atoms with Gasteiger partial charge in [-0.25, -0.2) is 5.01 Å². The fourth-order valence-corrected chi connectivity index (χ4v) is 4.25. The third-order valence-corrected chi connectivity index (χ3v) is 6.06. The first-order valence-electron chi connectivity index (χ1n) is 12.1. The topological polar surface area (TPSA) is 60.4 Å². The Morgan fingerprint density at radius 2 is 1.11 bits per heavy atom. The quantitative estimate of drug-likeness (QED) is 0.189. The molecule has 0 spiro atoms. The maximum Gasteiger partial charge on any atom is 0.115 e. The molecule has 0 aliphatic carbocycles. The number of hydrogen-bond acceptors (Lipinski definition) is 5. The maximum atomic E-state index is 4.85. The van der Waals surface area contributed by atoms with Gasteiger partial charge in [-0.15, -0.1) is 5.10 Å². The normalized spacial score (nSPS) is 11.1. The van der Waals surface area contributed by atoms with Gasteiger partial charge >= 0.3 is 0 Å². The molecule has 0 amide bonds. The molecule has 1 heterocycles. The number of hydrazone groups is 1. The van der Waals surface area contributed by atoms with Gasteiger partial charge in [-0.05, 0) is 72.3 Å². The molecule has 178 valence electrons. The van der Waals surface area contributed by atoms with Gasteiger partial charge in [0.05, 0.1) is 23.1 Å². The number of rotatable bonds is 7. The van der Waals surface area contributed by atoms with Crippen molar-refractivity contribution in [2.45, 2.75) is 0 Å². The average molecular weight is 481 g/mol.